The van der Waals surface area contributed by atoms with Crippen molar-refractivity contribution in [3.05, 3.63) is 17.5 Å². The Bertz CT molecular complexity index is 800. The van der Waals surface area contributed by atoms with Crippen LogP contribution in [0.3, 0.4) is 0 Å². The van der Waals surface area contributed by atoms with Crippen molar-refractivity contribution in [1.82, 2.24) is 14.7 Å². The van der Waals surface area contributed by atoms with Crippen LogP contribution in [0.5, 0.6) is 0 Å². The van der Waals surface area contributed by atoms with Crippen LogP contribution in [0.25, 0.3) is 0 Å². The molecule has 2 bridgehead atoms. The van der Waals surface area contributed by atoms with Gasteiger partial charge in [-0.05, 0) is 38.7 Å². The van der Waals surface area contributed by atoms with Crippen molar-refractivity contribution in [2.45, 2.75) is 51.7 Å². The number of nitrogens with zero attached hydrogens (tertiary/aromatic N) is 3. The second kappa shape index (κ2) is 6.42. The van der Waals surface area contributed by atoms with E-state index in [0.717, 1.165) is 49.6 Å². The van der Waals surface area contributed by atoms with E-state index in [1.54, 1.807) is 6.92 Å². The first kappa shape index (κ1) is 18.1. The summed E-state index contributed by atoms with van der Waals surface area (Å²) in [6, 6.07) is 0. The van der Waals surface area contributed by atoms with Gasteiger partial charge < -0.3 is 9.64 Å². The summed E-state index contributed by atoms with van der Waals surface area (Å²) < 4.78 is 32.9. The molecule has 0 saturated carbocycles. The molecule has 0 amide bonds. The third-order valence-electron chi connectivity index (χ3n) is 6.38. The third kappa shape index (κ3) is 2.92. The quantitative estimate of drug-likeness (QED) is 0.800. The fourth-order valence-corrected chi connectivity index (χ4v) is 5.57. The summed E-state index contributed by atoms with van der Waals surface area (Å²) >= 11 is 0. The maximum Gasteiger partial charge on any atom is 0.225 e. The maximum absolute atomic E-state index is 11.9. The predicted octanol–water partition coefficient (Wildman–Crippen LogP) is 1.27. The minimum atomic E-state index is -3.18. The molecule has 0 aliphatic carbocycles. The first-order valence-corrected chi connectivity index (χ1v) is 11.3. The lowest BCUT2D eigenvalue weighted by Gasteiger charge is -2.29. The van der Waals surface area contributed by atoms with E-state index in [2.05, 4.69) is 21.5 Å². The number of anilines is 1. The number of hydrogen-bond donors (Lipinski definition) is 1. The summed E-state index contributed by atoms with van der Waals surface area (Å²) in [5.41, 5.74) is 2.05. The minimum Gasteiger partial charge on any atom is -0.369 e. The highest BCUT2D eigenvalue weighted by Crippen LogP contribution is 2.55. The highest BCUT2D eigenvalue weighted by atomic mass is 32.2. The van der Waals surface area contributed by atoms with E-state index >= 15 is 0 Å². The van der Waals surface area contributed by atoms with Gasteiger partial charge in [-0.25, -0.2) is 23.1 Å². The van der Waals surface area contributed by atoms with Gasteiger partial charge in [0.2, 0.25) is 16.0 Å². The molecule has 8 heteroatoms. The zero-order valence-electron chi connectivity index (χ0n) is 15.7. The second-order valence-electron chi connectivity index (χ2n) is 7.82. The molecule has 3 saturated heterocycles. The van der Waals surface area contributed by atoms with E-state index in [0.29, 0.717) is 12.5 Å². The molecule has 4 rings (SSSR count). The molecule has 0 aromatic carbocycles. The average Bonchev–Trinajstić information content (AvgIpc) is 3.28. The summed E-state index contributed by atoms with van der Waals surface area (Å²) in [5.74, 6) is 1.45. The molecule has 1 N–H and O–H groups in total. The van der Waals surface area contributed by atoms with Crippen LogP contribution < -0.4 is 9.62 Å². The van der Waals surface area contributed by atoms with Gasteiger partial charge in [-0.15, -0.1) is 0 Å². The lowest BCUT2D eigenvalue weighted by atomic mass is 9.74. The molecule has 3 aliphatic rings. The summed E-state index contributed by atoms with van der Waals surface area (Å²) in [5, 5.41) is 0. The Labute approximate surface area is 155 Å². The molecule has 3 aliphatic heterocycles. The molecule has 0 unspecified atom stereocenters. The van der Waals surface area contributed by atoms with Crippen LogP contribution >= 0.6 is 0 Å². The monoisotopic (exact) mass is 380 g/mol. The Balaban J connectivity index is 1.53. The molecular weight excluding hydrogens is 352 g/mol. The molecule has 3 fully saturated rings. The van der Waals surface area contributed by atoms with E-state index < -0.39 is 10.0 Å². The van der Waals surface area contributed by atoms with Gasteiger partial charge in [0.1, 0.15) is 0 Å². The van der Waals surface area contributed by atoms with Crippen LogP contribution in [-0.4, -0.2) is 55.5 Å². The lowest BCUT2D eigenvalue weighted by Crippen LogP contribution is -2.42. The van der Waals surface area contributed by atoms with Gasteiger partial charge >= 0.3 is 0 Å². The van der Waals surface area contributed by atoms with E-state index in [9.17, 15) is 8.42 Å². The van der Waals surface area contributed by atoms with Gasteiger partial charge in [0.15, 0.2) is 0 Å². The number of hydrogen-bond acceptors (Lipinski definition) is 6. The molecule has 1 spiro atoms. The summed E-state index contributed by atoms with van der Waals surface area (Å²) in [6.07, 6.45) is 5.02. The fraction of sp³-hybridized carbons (Fsp3) is 0.778. The van der Waals surface area contributed by atoms with E-state index in [-0.39, 0.29) is 23.4 Å². The number of fused-ring (bicyclic) bond motifs is 1. The molecular formula is C18H28N4O3S. The third-order valence-corrected chi connectivity index (χ3v) is 7.75. The Kier molecular flexibility index (Phi) is 4.48. The van der Waals surface area contributed by atoms with E-state index in [4.69, 9.17) is 9.72 Å². The van der Waals surface area contributed by atoms with Crippen LogP contribution in [0.2, 0.25) is 0 Å². The van der Waals surface area contributed by atoms with Crippen LogP contribution in [0.1, 0.15) is 37.9 Å². The van der Waals surface area contributed by atoms with Crippen molar-refractivity contribution in [3.8, 4) is 0 Å². The van der Waals surface area contributed by atoms with Crippen molar-refractivity contribution >= 4 is 16.0 Å². The molecule has 7 nitrogen and oxygen atoms in total. The van der Waals surface area contributed by atoms with Crippen molar-refractivity contribution < 1.29 is 13.2 Å². The summed E-state index contributed by atoms with van der Waals surface area (Å²) in [4.78, 5) is 11.5. The lowest BCUT2D eigenvalue weighted by molar-refractivity contribution is 0.0141. The van der Waals surface area contributed by atoms with Gasteiger partial charge in [0, 0.05) is 36.8 Å². The molecule has 4 heterocycles. The van der Waals surface area contributed by atoms with Crippen LogP contribution in [0.15, 0.2) is 6.20 Å². The second-order valence-corrected chi connectivity index (χ2v) is 9.91. The standard InChI is InChI=1S/C18H28N4O3S/c1-4-15-12(3)8-19-17(21-15)22-10-14-13(9-20-26(23,24)5-2)16-6-7-18(14,11-22)25-16/h8,13-14,16,20H,4-7,9-11H2,1-3H3/t13-,14+,16+,18+/m0/s1. The summed E-state index contributed by atoms with van der Waals surface area (Å²) in [6.45, 7) is 7.92. The SMILES string of the molecule is CCc1nc(N2C[C@@H]3[C@H](CNS(=O)(=O)CC)[C@H]4CC[C@]3(C2)O4)ncc1C. The molecule has 4 atom stereocenters. The van der Waals surface area contributed by atoms with Crippen LogP contribution in [-0.2, 0) is 21.2 Å². The largest absolute Gasteiger partial charge is 0.369 e. The number of rotatable bonds is 6. The first-order valence-electron chi connectivity index (χ1n) is 9.60. The maximum atomic E-state index is 11.9. The van der Waals surface area contributed by atoms with Crippen molar-refractivity contribution in [1.29, 1.82) is 0 Å². The number of ether oxygens (including phenoxy) is 1. The fourth-order valence-electron chi connectivity index (χ4n) is 4.92. The minimum absolute atomic E-state index is 0.115. The molecule has 1 aromatic rings. The van der Waals surface area contributed by atoms with Gasteiger partial charge in [-0.3, -0.25) is 0 Å². The van der Waals surface area contributed by atoms with Gasteiger partial charge in [0.05, 0.1) is 24.0 Å². The highest BCUT2D eigenvalue weighted by molar-refractivity contribution is 7.89. The number of aryl methyl sites for hydroxylation is 2. The van der Waals surface area contributed by atoms with E-state index in [1.807, 2.05) is 13.1 Å². The van der Waals surface area contributed by atoms with Crippen molar-refractivity contribution in [2.75, 3.05) is 30.3 Å². The highest BCUT2D eigenvalue weighted by Gasteiger charge is 2.63. The van der Waals surface area contributed by atoms with Crippen molar-refractivity contribution in [3.63, 3.8) is 0 Å². The normalized spacial score (nSPS) is 33.0. The van der Waals surface area contributed by atoms with Gasteiger partial charge in [0.25, 0.3) is 0 Å². The number of aromatic nitrogens is 2. The average molecular weight is 381 g/mol. The zero-order valence-corrected chi connectivity index (χ0v) is 16.6. The summed E-state index contributed by atoms with van der Waals surface area (Å²) in [7, 11) is -3.18. The predicted molar refractivity (Wildman–Crippen MR) is 99.6 cm³/mol. The molecule has 1 aromatic heterocycles. The van der Waals surface area contributed by atoms with Crippen LogP contribution in [0, 0.1) is 18.8 Å². The first-order chi connectivity index (χ1) is 12.4. The smallest absolute Gasteiger partial charge is 0.225 e. The van der Waals surface area contributed by atoms with E-state index in [1.165, 1.54) is 0 Å². The number of nitrogens with one attached hydrogen (secondary N) is 1. The Morgan fingerprint density at radius 3 is 2.96 bits per heavy atom. The van der Waals surface area contributed by atoms with Gasteiger partial charge in [-0.1, -0.05) is 6.92 Å². The van der Waals surface area contributed by atoms with Crippen molar-refractivity contribution in [2.24, 2.45) is 11.8 Å². The Morgan fingerprint density at radius 1 is 1.42 bits per heavy atom. The Morgan fingerprint density at radius 2 is 2.23 bits per heavy atom. The van der Waals surface area contributed by atoms with Gasteiger partial charge in [-0.2, -0.15) is 0 Å². The Hall–Kier alpha value is -1.25. The molecule has 144 valence electrons. The topological polar surface area (TPSA) is 84.4 Å². The van der Waals surface area contributed by atoms with Crippen LogP contribution in [0.4, 0.5) is 5.95 Å². The zero-order chi connectivity index (χ0) is 18.5. The number of sulfonamides is 1. The molecule has 26 heavy (non-hydrogen) atoms. The molecule has 0 radical (unpaired) electrons.